The highest BCUT2D eigenvalue weighted by atomic mass is 14.3. The lowest BCUT2D eigenvalue weighted by atomic mass is 9.80. The summed E-state index contributed by atoms with van der Waals surface area (Å²) in [4.78, 5) is 0. The molecule has 656 valence electrons. The molecule has 0 amide bonds. The van der Waals surface area contributed by atoms with Crippen LogP contribution in [0.3, 0.4) is 0 Å². The summed E-state index contributed by atoms with van der Waals surface area (Å²) >= 11 is 0. The Labute approximate surface area is 800 Å². The van der Waals surface area contributed by atoms with E-state index in [0.717, 1.165) is 0 Å². The monoisotopic (exact) mass is 1740 g/mol. The molecule has 24 rings (SSSR count). The summed E-state index contributed by atoms with van der Waals surface area (Å²) in [6, 6.07) is 169. The number of benzene rings is 24. The largest absolute Gasteiger partial charge is 0.0622 e. The third kappa shape index (κ3) is 16.5. The van der Waals surface area contributed by atoms with Crippen LogP contribution in [-0.4, -0.2) is 0 Å². The van der Waals surface area contributed by atoms with Crippen molar-refractivity contribution >= 4 is 129 Å². The van der Waals surface area contributed by atoms with E-state index >= 15 is 0 Å². The molecule has 0 unspecified atom stereocenters. The van der Waals surface area contributed by atoms with Crippen molar-refractivity contribution in [2.24, 2.45) is 0 Å². The van der Waals surface area contributed by atoms with E-state index in [1.165, 1.54) is 241 Å². The van der Waals surface area contributed by atoms with Gasteiger partial charge in [0, 0.05) is 0 Å². The van der Waals surface area contributed by atoms with E-state index in [2.05, 4.69) is 544 Å². The molecule has 0 saturated carbocycles. The molecule has 0 aliphatic rings. The lowest BCUT2D eigenvalue weighted by Gasteiger charge is -2.23. The first-order valence-corrected chi connectivity index (χ1v) is 48.2. The molecule has 0 atom stereocenters. The molecule has 0 nitrogen and oxygen atoms in total. The molecule has 0 radical (unpaired) electrons. The fourth-order valence-electron chi connectivity index (χ4n) is 21.0. The molecule has 0 fully saturated rings. The van der Waals surface area contributed by atoms with Crippen LogP contribution in [0.5, 0.6) is 0 Å². The minimum Gasteiger partial charge on any atom is -0.0622 e. The van der Waals surface area contributed by atoms with Gasteiger partial charge in [-0.05, 0) is 293 Å². The van der Waals surface area contributed by atoms with Crippen LogP contribution in [-0.2, 0) is 21.7 Å². The molecule has 0 spiro atoms. The zero-order valence-electron chi connectivity index (χ0n) is 79.9. The molecule has 136 heavy (non-hydrogen) atoms. The first-order valence-electron chi connectivity index (χ1n) is 48.2. The normalized spacial score (nSPS) is 12.0. The van der Waals surface area contributed by atoms with Crippen LogP contribution in [0, 0.1) is 0 Å². The van der Waals surface area contributed by atoms with Crippen LogP contribution >= 0.6 is 0 Å². The maximum absolute atomic E-state index is 2.45. The molecule has 0 saturated heterocycles. The molecular weight excluding hydrogens is 1630 g/mol. The number of hydrogen-bond donors (Lipinski definition) is 0. The maximum atomic E-state index is 2.45. The molecule has 0 aliphatic heterocycles. The van der Waals surface area contributed by atoms with E-state index in [-0.39, 0.29) is 21.7 Å². The van der Waals surface area contributed by atoms with Gasteiger partial charge in [0.05, 0.1) is 0 Å². The zero-order valence-corrected chi connectivity index (χ0v) is 79.9. The van der Waals surface area contributed by atoms with Crippen molar-refractivity contribution in [3.05, 3.63) is 483 Å². The van der Waals surface area contributed by atoms with Crippen molar-refractivity contribution in [2.75, 3.05) is 0 Å². The molecule has 24 aromatic carbocycles. The van der Waals surface area contributed by atoms with Gasteiger partial charge >= 0.3 is 0 Å². The van der Waals surface area contributed by atoms with E-state index in [4.69, 9.17) is 0 Å². The third-order valence-electron chi connectivity index (χ3n) is 28.0. The van der Waals surface area contributed by atoms with E-state index in [0.29, 0.717) is 0 Å². The summed E-state index contributed by atoms with van der Waals surface area (Å²) < 4.78 is 0. The first kappa shape index (κ1) is 87.1. The summed E-state index contributed by atoms with van der Waals surface area (Å²) in [5, 5.41) is 31.1. The molecule has 0 aromatic heterocycles. The highest BCUT2D eigenvalue weighted by Gasteiger charge is 2.28. The average molecular weight is 1750 g/mol. The number of fused-ring (bicyclic) bond motifs is 12. The SMILES string of the molecule is CC(C)(C)c1ccc2c(-c3ccc4ccccc4c3)c3ccccc3c(-c3ccc4ccccc4c3)c2c1.CC(C)(C)c1ccc2c(-c3cccc4ccccc34)c3ccccc3c(-c3cccc4ccccc34)c2c1.CC(C)(C)c1ccc2c(-c3ccccc3)c3ccccc3c(-c3ccccc3)c2c1.CC(C)(C)c1cccc(-c2c3ccccc3c(-c3ccccc3)c3ccccc23)c1. The van der Waals surface area contributed by atoms with E-state index < -0.39 is 0 Å². The van der Waals surface area contributed by atoms with Gasteiger partial charge in [0.1, 0.15) is 0 Å². The Morgan fingerprint density at radius 2 is 0.316 bits per heavy atom. The second-order valence-electron chi connectivity index (χ2n) is 40.9. The van der Waals surface area contributed by atoms with Crippen LogP contribution in [0.25, 0.3) is 218 Å². The van der Waals surface area contributed by atoms with Crippen molar-refractivity contribution in [3.8, 4) is 89.0 Å². The highest BCUT2D eigenvalue weighted by molar-refractivity contribution is 6.28. The Bertz CT molecular complexity index is 8650. The summed E-state index contributed by atoms with van der Waals surface area (Å²) in [5.74, 6) is 0. The van der Waals surface area contributed by atoms with Crippen LogP contribution in [0.2, 0.25) is 0 Å². The van der Waals surface area contributed by atoms with Crippen LogP contribution < -0.4 is 0 Å². The zero-order chi connectivity index (χ0) is 93.1. The Morgan fingerprint density at radius 3 is 0.647 bits per heavy atom. The molecule has 0 N–H and O–H groups in total. The minimum atomic E-state index is 0.0511. The maximum Gasteiger partial charge on any atom is -0.00200 e. The predicted octanol–water partition coefficient (Wildman–Crippen LogP) is 39.1. The molecule has 0 aliphatic carbocycles. The third-order valence-corrected chi connectivity index (χ3v) is 28.0. The van der Waals surface area contributed by atoms with Crippen molar-refractivity contribution in [1.82, 2.24) is 0 Å². The topological polar surface area (TPSA) is 0 Å². The van der Waals surface area contributed by atoms with Crippen molar-refractivity contribution in [1.29, 1.82) is 0 Å². The first-order chi connectivity index (χ1) is 66.1. The van der Waals surface area contributed by atoms with Gasteiger partial charge in [0.25, 0.3) is 0 Å². The molecular formula is C136H112. The van der Waals surface area contributed by atoms with Crippen molar-refractivity contribution < 1.29 is 0 Å². The lowest BCUT2D eigenvalue weighted by molar-refractivity contribution is 0.590. The Morgan fingerprint density at radius 1 is 0.110 bits per heavy atom. The fraction of sp³-hybridized carbons (Fsp3) is 0.118. The van der Waals surface area contributed by atoms with Gasteiger partial charge < -0.3 is 0 Å². The Hall–Kier alpha value is -15.6. The predicted molar refractivity (Wildman–Crippen MR) is 594 cm³/mol. The van der Waals surface area contributed by atoms with Crippen LogP contribution in [0.15, 0.2) is 461 Å². The van der Waals surface area contributed by atoms with Crippen LogP contribution in [0.1, 0.15) is 105 Å². The molecule has 0 heterocycles. The van der Waals surface area contributed by atoms with Gasteiger partial charge in [-0.1, -0.05) is 514 Å². The number of rotatable bonds is 8. The summed E-state index contributed by atoms with van der Waals surface area (Å²) in [6.45, 7) is 27.5. The van der Waals surface area contributed by atoms with Gasteiger partial charge in [-0.25, -0.2) is 0 Å². The fourth-order valence-corrected chi connectivity index (χ4v) is 21.0. The van der Waals surface area contributed by atoms with Crippen molar-refractivity contribution in [3.63, 3.8) is 0 Å². The highest BCUT2D eigenvalue weighted by Crippen LogP contribution is 2.52. The van der Waals surface area contributed by atoms with Gasteiger partial charge in [0.15, 0.2) is 0 Å². The van der Waals surface area contributed by atoms with Crippen molar-refractivity contribution in [2.45, 2.75) is 105 Å². The summed E-state index contributed by atoms with van der Waals surface area (Å²) in [7, 11) is 0. The van der Waals surface area contributed by atoms with Gasteiger partial charge in [-0.2, -0.15) is 0 Å². The van der Waals surface area contributed by atoms with Gasteiger partial charge in [-0.3, -0.25) is 0 Å². The molecule has 0 bridgehead atoms. The lowest BCUT2D eigenvalue weighted by Crippen LogP contribution is -2.10. The summed E-state index contributed by atoms with van der Waals surface area (Å²) in [6.07, 6.45) is 0. The van der Waals surface area contributed by atoms with E-state index in [9.17, 15) is 0 Å². The summed E-state index contributed by atoms with van der Waals surface area (Å²) in [5.41, 5.74) is 26.5. The smallest absolute Gasteiger partial charge is 0.00200 e. The van der Waals surface area contributed by atoms with E-state index in [1.807, 2.05) is 0 Å². The number of hydrogen-bond acceptors (Lipinski definition) is 0. The Balaban J connectivity index is 0.000000109. The second-order valence-corrected chi connectivity index (χ2v) is 40.9. The molecule has 24 aromatic rings. The second kappa shape index (κ2) is 35.7. The van der Waals surface area contributed by atoms with Gasteiger partial charge in [-0.15, -0.1) is 0 Å². The quantitative estimate of drug-likeness (QED) is 0.133. The molecule has 0 heteroatoms. The Kier molecular flexibility index (Phi) is 22.9. The minimum absolute atomic E-state index is 0.0511. The van der Waals surface area contributed by atoms with Crippen LogP contribution in [0.4, 0.5) is 0 Å². The van der Waals surface area contributed by atoms with Gasteiger partial charge in [0.2, 0.25) is 0 Å². The average Bonchev–Trinajstić information content (AvgIpc) is 0.742. The standard InChI is InChI=1S/2C38H30.2C30H26/c1-38(2,3)27-22-23-34-35(24-27)37(31-21-11-15-26-13-5-7-17-29(26)31)33-19-9-8-18-32(33)36(34)30-20-10-14-25-12-4-6-16-28(25)30;1-38(2,3)31-20-21-34-35(24-31)37(30-19-17-26-11-5-7-13-28(26)23-30)33-15-9-8-14-32(33)36(34)29-18-16-25-10-4-6-12-27(25)22-29;1-30(2,3)23-18-19-26-27(20-23)29(22-14-8-5-9-15-22)25-17-11-10-16-24(25)28(26)21-12-6-4-7-13-21;1-30(2,3)23-15-11-14-22(20-23)29-26-18-9-7-16-24(26)28(21-12-5-4-6-13-21)25-17-8-10-19-27(25)29/h2*4-24H,1-3H3;2*4-20H,1-3H3. The van der Waals surface area contributed by atoms with E-state index in [1.54, 1.807) is 0 Å².